The molecule has 4 heterocycles. The Hall–Kier alpha value is -3.08. The van der Waals surface area contributed by atoms with Crippen LogP contribution in [0.5, 0.6) is 0 Å². The molecule has 35 heavy (non-hydrogen) atoms. The van der Waals surface area contributed by atoms with Gasteiger partial charge in [0.15, 0.2) is 0 Å². The lowest BCUT2D eigenvalue weighted by Gasteiger charge is -2.15. The number of aromatic nitrogens is 2. The first-order valence-electron chi connectivity index (χ1n) is 11.3. The summed E-state index contributed by atoms with van der Waals surface area (Å²) >= 11 is 6.58. The number of carbonyl (C=O) groups is 1. The third-order valence-corrected chi connectivity index (χ3v) is 7.31. The maximum absolute atomic E-state index is 13.5. The van der Waals surface area contributed by atoms with E-state index in [1.54, 1.807) is 30.5 Å². The number of fused-ring (bicyclic) bond motifs is 1. The van der Waals surface area contributed by atoms with Crippen molar-refractivity contribution in [3.63, 3.8) is 0 Å². The van der Waals surface area contributed by atoms with Gasteiger partial charge in [0.05, 0.1) is 23.1 Å². The van der Waals surface area contributed by atoms with Gasteiger partial charge in [0.1, 0.15) is 21.6 Å². The summed E-state index contributed by atoms with van der Waals surface area (Å²) in [6.07, 6.45) is 5.28. The number of anilines is 1. The summed E-state index contributed by atoms with van der Waals surface area (Å²) in [5.41, 5.74) is 2.19. The molecule has 10 heteroatoms. The van der Waals surface area contributed by atoms with Crippen LogP contribution in [-0.2, 0) is 16.1 Å². The van der Waals surface area contributed by atoms with Crippen LogP contribution >= 0.6 is 24.0 Å². The molecule has 0 bridgehead atoms. The summed E-state index contributed by atoms with van der Waals surface area (Å²) in [6.45, 7) is 3.36. The van der Waals surface area contributed by atoms with Crippen molar-refractivity contribution in [2.24, 2.45) is 0 Å². The number of rotatable bonds is 6. The fourth-order valence-corrected chi connectivity index (χ4v) is 5.32. The molecule has 1 atom stereocenters. The number of thioether (sulfide) groups is 1. The molecule has 0 radical (unpaired) electrons. The van der Waals surface area contributed by atoms with Crippen LogP contribution < -0.4 is 10.9 Å². The Morgan fingerprint density at radius 3 is 2.80 bits per heavy atom. The molecular formula is C25H23FN4O3S2. The summed E-state index contributed by atoms with van der Waals surface area (Å²) in [7, 11) is 0. The molecule has 2 saturated heterocycles. The third kappa shape index (κ3) is 5.00. The normalized spacial score (nSPS) is 19.3. The number of ether oxygens (including phenoxy) is 1. The number of nitrogens with zero attached hydrogens (tertiary/aromatic N) is 3. The lowest BCUT2D eigenvalue weighted by Crippen LogP contribution is -2.27. The van der Waals surface area contributed by atoms with Crippen LogP contribution in [0.15, 0.2) is 52.3 Å². The average molecular weight is 511 g/mol. The van der Waals surface area contributed by atoms with Crippen LogP contribution in [0.25, 0.3) is 11.7 Å². The van der Waals surface area contributed by atoms with Crippen molar-refractivity contribution in [1.29, 1.82) is 0 Å². The quantitative estimate of drug-likeness (QED) is 0.395. The van der Waals surface area contributed by atoms with E-state index >= 15 is 0 Å². The second kappa shape index (κ2) is 9.88. The number of aryl methyl sites for hydroxylation is 1. The number of hydrogen-bond donors (Lipinski definition) is 1. The number of halogens is 1. The smallest absolute Gasteiger partial charge is 0.267 e. The van der Waals surface area contributed by atoms with Crippen molar-refractivity contribution in [1.82, 2.24) is 14.3 Å². The van der Waals surface area contributed by atoms with E-state index < -0.39 is 0 Å². The monoisotopic (exact) mass is 510 g/mol. The Kier molecular flexibility index (Phi) is 6.68. The highest BCUT2D eigenvalue weighted by molar-refractivity contribution is 8.26. The molecule has 180 valence electrons. The van der Waals surface area contributed by atoms with Crippen molar-refractivity contribution in [3.05, 3.63) is 80.4 Å². The highest BCUT2D eigenvalue weighted by atomic mass is 32.2. The van der Waals surface area contributed by atoms with Crippen LogP contribution in [0.4, 0.5) is 10.2 Å². The zero-order valence-corrected chi connectivity index (χ0v) is 20.6. The summed E-state index contributed by atoms with van der Waals surface area (Å²) in [4.78, 5) is 33.1. The van der Waals surface area contributed by atoms with Crippen LogP contribution in [0.1, 0.15) is 29.5 Å². The minimum absolute atomic E-state index is 0.0510. The van der Waals surface area contributed by atoms with Crippen LogP contribution in [0.2, 0.25) is 0 Å². The van der Waals surface area contributed by atoms with Gasteiger partial charge in [-0.1, -0.05) is 42.2 Å². The zero-order valence-electron chi connectivity index (χ0n) is 19.0. The number of pyridine rings is 1. The Morgan fingerprint density at radius 1 is 1.26 bits per heavy atom. The molecule has 1 N–H and O–H groups in total. The fraction of sp³-hybridized carbons (Fsp3) is 0.280. The molecule has 1 unspecified atom stereocenters. The first kappa shape index (κ1) is 23.7. The zero-order chi connectivity index (χ0) is 24.5. The Morgan fingerprint density at radius 2 is 2.06 bits per heavy atom. The third-order valence-electron chi connectivity index (χ3n) is 5.93. The van der Waals surface area contributed by atoms with E-state index in [-0.39, 0.29) is 35.5 Å². The second-order valence-electron chi connectivity index (χ2n) is 8.52. The number of thiocarbonyl (C=S) groups is 1. The summed E-state index contributed by atoms with van der Waals surface area (Å²) < 4.78 is 20.8. The van der Waals surface area contributed by atoms with E-state index in [0.29, 0.717) is 27.2 Å². The second-order valence-corrected chi connectivity index (χ2v) is 10.2. The topological polar surface area (TPSA) is 75.9 Å². The van der Waals surface area contributed by atoms with Crippen molar-refractivity contribution >= 4 is 51.7 Å². The van der Waals surface area contributed by atoms with E-state index in [9.17, 15) is 14.0 Å². The predicted molar refractivity (Wildman–Crippen MR) is 139 cm³/mol. The van der Waals surface area contributed by atoms with Gasteiger partial charge in [-0.3, -0.25) is 18.9 Å². The van der Waals surface area contributed by atoms with Gasteiger partial charge in [-0.05, 0) is 55.2 Å². The lowest BCUT2D eigenvalue weighted by atomic mass is 10.2. The van der Waals surface area contributed by atoms with Crippen LogP contribution in [0.3, 0.4) is 0 Å². The molecule has 0 saturated carbocycles. The van der Waals surface area contributed by atoms with Gasteiger partial charge in [-0.25, -0.2) is 9.37 Å². The molecule has 7 nitrogen and oxygen atoms in total. The number of amides is 1. The SMILES string of the molecule is Cc1ccc2nc(NCC3CCCO3)c(/C=C3/SC(=S)N(Cc4ccc(F)cc4)C3=O)c(=O)n2c1. The maximum Gasteiger partial charge on any atom is 0.267 e. The largest absolute Gasteiger partial charge is 0.376 e. The standard InChI is InChI=1S/C25H23FN4O3S2/c1-15-4-9-21-28-22(27-12-18-3-2-10-33-18)19(23(31)29(21)13-15)11-20-24(32)30(25(34)35-20)14-16-5-7-17(26)8-6-16/h4-9,11,13,18,27H,2-3,10,12,14H2,1H3/b20-11+. The van der Waals surface area contributed by atoms with Crippen molar-refractivity contribution in [2.45, 2.75) is 32.4 Å². The molecule has 2 fully saturated rings. The summed E-state index contributed by atoms with van der Waals surface area (Å²) in [6, 6.07) is 9.61. The van der Waals surface area contributed by atoms with Gasteiger partial charge < -0.3 is 10.1 Å². The molecule has 1 aromatic carbocycles. The number of hydrogen-bond acceptors (Lipinski definition) is 7. The van der Waals surface area contributed by atoms with Crippen LogP contribution in [-0.4, -0.2) is 43.8 Å². The molecule has 1 amide bonds. The van der Waals surface area contributed by atoms with Gasteiger partial charge >= 0.3 is 0 Å². The predicted octanol–water partition coefficient (Wildman–Crippen LogP) is 4.13. The van der Waals surface area contributed by atoms with E-state index in [4.69, 9.17) is 17.0 Å². The van der Waals surface area contributed by atoms with E-state index in [1.807, 2.05) is 13.0 Å². The van der Waals surface area contributed by atoms with Gasteiger partial charge in [-0.2, -0.15) is 0 Å². The molecule has 2 aliphatic rings. The molecule has 5 rings (SSSR count). The summed E-state index contributed by atoms with van der Waals surface area (Å²) in [5.74, 6) is -0.247. The number of nitrogens with one attached hydrogen (secondary N) is 1. The van der Waals surface area contributed by atoms with E-state index in [1.165, 1.54) is 21.4 Å². The minimum Gasteiger partial charge on any atom is -0.376 e. The van der Waals surface area contributed by atoms with E-state index in [2.05, 4.69) is 10.3 Å². The number of benzene rings is 1. The van der Waals surface area contributed by atoms with Gasteiger partial charge in [0.2, 0.25) is 0 Å². The maximum atomic E-state index is 13.5. The van der Waals surface area contributed by atoms with Gasteiger partial charge in [0, 0.05) is 19.3 Å². The molecule has 2 aromatic heterocycles. The first-order valence-corrected chi connectivity index (χ1v) is 12.5. The van der Waals surface area contributed by atoms with Crippen LogP contribution in [0, 0.1) is 12.7 Å². The van der Waals surface area contributed by atoms with Gasteiger partial charge in [0.25, 0.3) is 11.5 Å². The van der Waals surface area contributed by atoms with Crippen molar-refractivity contribution < 1.29 is 13.9 Å². The summed E-state index contributed by atoms with van der Waals surface area (Å²) in [5, 5.41) is 3.26. The first-order chi connectivity index (χ1) is 16.9. The average Bonchev–Trinajstić information content (AvgIpc) is 3.45. The molecule has 0 aliphatic carbocycles. The van der Waals surface area contributed by atoms with Gasteiger partial charge in [-0.15, -0.1) is 0 Å². The Bertz CT molecular complexity index is 1400. The highest BCUT2D eigenvalue weighted by Crippen LogP contribution is 2.34. The Labute approximate surface area is 211 Å². The minimum atomic E-state index is -0.346. The highest BCUT2D eigenvalue weighted by Gasteiger charge is 2.33. The van der Waals surface area contributed by atoms with E-state index in [0.717, 1.165) is 42.3 Å². The molecule has 3 aromatic rings. The molecule has 0 spiro atoms. The molecular weight excluding hydrogens is 487 g/mol. The van der Waals surface area contributed by atoms with Crippen molar-refractivity contribution in [2.75, 3.05) is 18.5 Å². The Balaban J connectivity index is 1.50. The van der Waals surface area contributed by atoms with Crippen molar-refractivity contribution in [3.8, 4) is 0 Å². The molecule has 2 aliphatic heterocycles. The lowest BCUT2D eigenvalue weighted by molar-refractivity contribution is -0.122. The number of carbonyl (C=O) groups excluding carboxylic acids is 1. The fourth-order valence-electron chi connectivity index (χ4n) is 4.08.